The van der Waals surface area contributed by atoms with Gasteiger partial charge in [0.25, 0.3) is 5.91 Å². The summed E-state index contributed by atoms with van der Waals surface area (Å²) in [6, 6.07) is 5.40. The average Bonchev–Trinajstić information content (AvgIpc) is 2.85. The summed E-state index contributed by atoms with van der Waals surface area (Å²) in [6.07, 6.45) is 4.21. The normalized spacial score (nSPS) is 17.4. The quantitative estimate of drug-likeness (QED) is 0.891. The predicted molar refractivity (Wildman–Crippen MR) is 76.5 cm³/mol. The molecule has 104 valence electrons. The number of aryl methyl sites for hydroxylation is 1. The van der Waals surface area contributed by atoms with E-state index in [1.807, 2.05) is 13.0 Å². The third kappa shape index (κ3) is 3.28. The Hall–Kier alpha value is -1.06. The van der Waals surface area contributed by atoms with E-state index in [4.69, 9.17) is 11.6 Å². The molecular weight excluding hydrogens is 262 g/mol. The lowest BCUT2D eigenvalue weighted by Crippen LogP contribution is -2.38. The maximum Gasteiger partial charge on any atom is 0.252 e. The summed E-state index contributed by atoms with van der Waals surface area (Å²) < 4.78 is 0. The Morgan fingerprint density at radius 3 is 2.68 bits per heavy atom. The summed E-state index contributed by atoms with van der Waals surface area (Å²) >= 11 is 6.08. The minimum absolute atomic E-state index is 0.132. The molecule has 0 bridgehead atoms. The van der Waals surface area contributed by atoms with Gasteiger partial charge in [-0.05, 0) is 37.5 Å². The highest BCUT2D eigenvalue weighted by Gasteiger charge is 2.33. The number of halogens is 1. The maximum atomic E-state index is 12.1. The summed E-state index contributed by atoms with van der Waals surface area (Å²) in [5, 5.41) is 12.9. The van der Waals surface area contributed by atoms with E-state index in [2.05, 4.69) is 5.32 Å². The lowest BCUT2D eigenvalue weighted by Gasteiger charge is -2.26. The molecule has 0 aromatic heterocycles. The number of hydrogen-bond acceptors (Lipinski definition) is 2. The molecule has 1 aliphatic carbocycles. The molecule has 0 spiro atoms. The van der Waals surface area contributed by atoms with E-state index in [0.29, 0.717) is 17.1 Å². The molecule has 0 radical (unpaired) electrons. The number of nitrogens with one attached hydrogen (secondary N) is 1. The molecule has 0 atom stereocenters. The summed E-state index contributed by atoms with van der Waals surface area (Å²) in [5.41, 5.74) is 1.40. The Morgan fingerprint density at radius 2 is 2.11 bits per heavy atom. The number of hydrogen-bond donors (Lipinski definition) is 2. The fourth-order valence-corrected chi connectivity index (χ4v) is 3.00. The van der Waals surface area contributed by atoms with Gasteiger partial charge in [-0.3, -0.25) is 4.79 Å². The van der Waals surface area contributed by atoms with Crippen LogP contribution in [0.5, 0.6) is 0 Å². The molecule has 1 aliphatic rings. The third-order valence-corrected chi connectivity index (χ3v) is 4.31. The largest absolute Gasteiger partial charge is 0.396 e. The minimum Gasteiger partial charge on any atom is -0.396 e. The van der Waals surface area contributed by atoms with E-state index in [1.54, 1.807) is 12.1 Å². The van der Waals surface area contributed by atoms with Crippen LogP contribution in [0, 0.1) is 12.3 Å². The van der Waals surface area contributed by atoms with Crippen LogP contribution < -0.4 is 5.32 Å². The highest BCUT2D eigenvalue weighted by molar-refractivity contribution is 6.33. The van der Waals surface area contributed by atoms with Gasteiger partial charge in [-0.25, -0.2) is 0 Å². The smallest absolute Gasteiger partial charge is 0.252 e. The molecule has 0 unspecified atom stereocenters. The van der Waals surface area contributed by atoms with Gasteiger partial charge in [-0.2, -0.15) is 0 Å². The minimum atomic E-state index is -0.162. The van der Waals surface area contributed by atoms with Crippen molar-refractivity contribution in [1.82, 2.24) is 5.32 Å². The topological polar surface area (TPSA) is 49.3 Å². The van der Waals surface area contributed by atoms with Gasteiger partial charge in [0, 0.05) is 12.0 Å². The lowest BCUT2D eigenvalue weighted by molar-refractivity contribution is 0.0881. The molecule has 0 saturated heterocycles. The van der Waals surface area contributed by atoms with Gasteiger partial charge in [0.05, 0.1) is 17.2 Å². The lowest BCUT2D eigenvalue weighted by atomic mass is 9.87. The highest BCUT2D eigenvalue weighted by atomic mass is 35.5. The van der Waals surface area contributed by atoms with Gasteiger partial charge in [0.2, 0.25) is 0 Å². The van der Waals surface area contributed by atoms with Crippen molar-refractivity contribution in [3.05, 3.63) is 34.3 Å². The van der Waals surface area contributed by atoms with Gasteiger partial charge in [0.15, 0.2) is 0 Å². The van der Waals surface area contributed by atoms with Crippen LogP contribution in [0.3, 0.4) is 0 Å². The second-order valence-electron chi connectivity index (χ2n) is 5.53. The van der Waals surface area contributed by atoms with Crippen molar-refractivity contribution in [2.75, 3.05) is 13.2 Å². The molecule has 2 rings (SSSR count). The van der Waals surface area contributed by atoms with Crippen molar-refractivity contribution in [2.45, 2.75) is 32.6 Å². The summed E-state index contributed by atoms with van der Waals surface area (Å²) in [4.78, 5) is 12.1. The van der Waals surface area contributed by atoms with Crippen LogP contribution in [0.15, 0.2) is 18.2 Å². The van der Waals surface area contributed by atoms with Crippen LogP contribution in [0.25, 0.3) is 0 Å². The molecular formula is C15H20ClNO2. The Kier molecular flexibility index (Phi) is 4.48. The van der Waals surface area contributed by atoms with Crippen LogP contribution in [-0.2, 0) is 0 Å². The molecule has 19 heavy (non-hydrogen) atoms. The van der Waals surface area contributed by atoms with Crippen molar-refractivity contribution in [2.24, 2.45) is 5.41 Å². The number of rotatable bonds is 4. The monoisotopic (exact) mass is 281 g/mol. The Labute approximate surface area is 119 Å². The number of aliphatic hydroxyl groups is 1. The molecule has 1 saturated carbocycles. The van der Waals surface area contributed by atoms with Crippen molar-refractivity contribution < 1.29 is 9.90 Å². The van der Waals surface area contributed by atoms with Crippen molar-refractivity contribution in [1.29, 1.82) is 0 Å². The third-order valence-electron chi connectivity index (χ3n) is 3.99. The first-order valence-corrected chi connectivity index (χ1v) is 7.09. The Bertz CT molecular complexity index is 467. The van der Waals surface area contributed by atoms with Crippen molar-refractivity contribution in [3.63, 3.8) is 0 Å². The molecule has 0 aliphatic heterocycles. The molecule has 1 amide bonds. The number of amides is 1. The fourth-order valence-electron chi connectivity index (χ4n) is 2.68. The molecule has 1 fully saturated rings. The van der Waals surface area contributed by atoms with E-state index < -0.39 is 0 Å². The van der Waals surface area contributed by atoms with Gasteiger partial charge in [0.1, 0.15) is 0 Å². The SMILES string of the molecule is Cc1ccc(C(=O)NCC2(CO)CCCC2)c(Cl)c1. The van der Waals surface area contributed by atoms with Gasteiger partial charge < -0.3 is 10.4 Å². The first-order valence-electron chi connectivity index (χ1n) is 6.72. The first kappa shape index (κ1) is 14.4. The molecule has 0 heterocycles. The average molecular weight is 282 g/mol. The predicted octanol–water partition coefficient (Wildman–Crippen LogP) is 2.93. The van der Waals surface area contributed by atoms with E-state index in [0.717, 1.165) is 31.2 Å². The van der Waals surface area contributed by atoms with Crippen LogP contribution in [0.1, 0.15) is 41.6 Å². The van der Waals surface area contributed by atoms with Gasteiger partial charge in [-0.1, -0.05) is 30.5 Å². The zero-order chi connectivity index (χ0) is 13.9. The first-order chi connectivity index (χ1) is 9.06. The second kappa shape index (κ2) is 5.93. The van der Waals surface area contributed by atoms with Crippen LogP contribution >= 0.6 is 11.6 Å². The molecule has 3 nitrogen and oxygen atoms in total. The summed E-state index contributed by atoms with van der Waals surface area (Å²) in [7, 11) is 0. The maximum absolute atomic E-state index is 12.1. The molecule has 2 N–H and O–H groups in total. The number of carbonyl (C=O) groups excluding carboxylic acids is 1. The van der Waals surface area contributed by atoms with Gasteiger partial charge >= 0.3 is 0 Å². The second-order valence-corrected chi connectivity index (χ2v) is 5.94. The van der Waals surface area contributed by atoms with E-state index >= 15 is 0 Å². The zero-order valence-corrected chi connectivity index (χ0v) is 12.0. The van der Waals surface area contributed by atoms with Crippen molar-refractivity contribution >= 4 is 17.5 Å². The van der Waals surface area contributed by atoms with E-state index in [-0.39, 0.29) is 17.9 Å². The molecule has 1 aromatic carbocycles. The fraction of sp³-hybridized carbons (Fsp3) is 0.533. The van der Waals surface area contributed by atoms with Gasteiger partial charge in [-0.15, -0.1) is 0 Å². The Morgan fingerprint density at radius 1 is 1.42 bits per heavy atom. The Balaban J connectivity index is 2.01. The zero-order valence-electron chi connectivity index (χ0n) is 11.2. The standard InChI is InChI=1S/C15H20ClNO2/c1-11-4-5-12(13(16)8-11)14(19)17-9-15(10-18)6-2-3-7-15/h4-5,8,18H,2-3,6-7,9-10H2,1H3,(H,17,19). The molecule has 1 aromatic rings. The number of aliphatic hydroxyl groups excluding tert-OH is 1. The van der Waals surface area contributed by atoms with Crippen LogP contribution in [-0.4, -0.2) is 24.2 Å². The van der Waals surface area contributed by atoms with E-state index in [1.165, 1.54) is 0 Å². The number of carbonyl (C=O) groups is 1. The summed E-state index contributed by atoms with van der Waals surface area (Å²) in [6.45, 7) is 2.59. The highest BCUT2D eigenvalue weighted by Crippen LogP contribution is 2.37. The van der Waals surface area contributed by atoms with Crippen molar-refractivity contribution in [3.8, 4) is 0 Å². The molecule has 4 heteroatoms. The van der Waals surface area contributed by atoms with Crippen LogP contribution in [0.4, 0.5) is 0 Å². The number of benzene rings is 1. The summed E-state index contributed by atoms with van der Waals surface area (Å²) in [5.74, 6) is -0.162. The van der Waals surface area contributed by atoms with Crippen LogP contribution in [0.2, 0.25) is 5.02 Å². The van der Waals surface area contributed by atoms with E-state index in [9.17, 15) is 9.90 Å².